The first-order chi connectivity index (χ1) is 8.80. The van der Waals surface area contributed by atoms with Gasteiger partial charge in [-0.1, -0.05) is 30.3 Å². The minimum absolute atomic E-state index is 0.244. The van der Waals surface area contributed by atoms with Gasteiger partial charge in [0.25, 0.3) is 0 Å². The summed E-state index contributed by atoms with van der Waals surface area (Å²) in [7, 11) is 0. The van der Waals surface area contributed by atoms with Crippen LogP contribution >= 0.6 is 0 Å². The number of carboxylic acids is 1. The maximum atomic E-state index is 11.6. The van der Waals surface area contributed by atoms with Crippen LogP contribution in [0.4, 0.5) is 0 Å². The van der Waals surface area contributed by atoms with Gasteiger partial charge in [-0.25, -0.2) is 4.79 Å². The Balaban J connectivity index is 2.60. The Morgan fingerprint density at radius 1 is 1.26 bits per heavy atom. The van der Waals surface area contributed by atoms with Crippen molar-refractivity contribution >= 4 is 11.9 Å². The largest absolute Gasteiger partial charge is 0.480 e. The van der Waals surface area contributed by atoms with Crippen molar-refractivity contribution in [3.05, 3.63) is 35.9 Å². The number of hydroxylamine groups is 1. The lowest BCUT2D eigenvalue weighted by molar-refractivity contribution is -0.165. The van der Waals surface area contributed by atoms with Crippen LogP contribution in [0.25, 0.3) is 0 Å². The van der Waals surface area contributed by atoms with Crippen molar-refractivity contribution in [2.45, 2.75) is 33.2 Å². The fourth-order valence-corrected chi connectivity index (χ4v) is 1.31. The Morgan fingerprint density at radius 2 is 1.84 bits per heavy atom. The number of hydrogen-bond donors (Lipinski definition) is 2. The SMILES string of the molecule is CC(C)(C)C(=O)ON[C@@H](Cc1ccccc1)C(=O)O. The second-order valence-electron chi connectivity index (χ2n) is 5.34. The Labute approximate surface area is 112 Å². The van der Waals surface area contributed by atoms with Gasteiger partial charge in [-0.05, 0) is 26.3 Å². The molecular weight excluding hydrogens is 246 g/mol. The van der Waals surface area contributed by atoms with Gasteiger partial charge in [0.05, 0.1) is 5.41 Å². The van der Waals surface area contributed by atoms with Crippen molar-refractivity contribution in [1.29, 1.82) is 0 Å². The lowest BCUT2D eigenvalue weighted by Gasteiger charge is -2.19. The molecule has 0 aliphatic rings. The van der Waals surface area contributed by atoms with Crippen molar-refractivity contribution in [3.63, 3.8) is 0 Å². The standard InChI is InChI=1S/C14H19NO4/c1-14(2,3)13(18)19-15-11(12(16)17)9-10-7-5-4-6-8-10/h4-8,11,15H,9H2,1-3H3,(H,16,17)/t11-/m0/s1. The highest BCUT2D eigenvalue weighted by Gasteiger charge is 2.26. The summed E-state index contributed by atoms with van der Waals surface area (Å²) in [5, 5.41) is 9.10. The molecule has 0 unspecified atom stereocenters. The highest BCUT2D eigenvalue weighted by molar-refractivity contribution is 5.76. The lowest BCUT2D eigenvalue weighted by Crippen LogP contribution is -2.42. The first-order valence-electron chi connectivity index (χ1n) is 6.04. The fraction of sp³-hybridized carbons (Fsp3) is 0.429. The monoisotopic (exact) mass is 265 g/mol. The van der Waals surface area contributed by atoms with E-state index in [1.54, 1.807) is 20.8 Å². The summed E-state index contributed by atoms with van der Waals surface area (Å²) >= 11 is 0. The first-order valence-corrected chi connectivity index (χ1v) is 6.04. The van der Waals surface area contributed by atoms with E-state index in [9.17, 15) is 9.59 Å². The number of benzene rings is 1. The van der Waals surface area contributed by atoms with Crippen molar-refractivity contribution in [2.75, 3.05) is 0 Å². The number of aliphatic carboxylic acids is 1. The van der Waals surface area contributed by atoms with Crippen LogP contribution in [0.1, 0.15) is 26.3 Å². The molecule has 1 atom stereocenters. The van der Waals surface area contributed by atoms with Gasteiger partial charge in [-0.15, -0.1) is 5.48 Å². The zero-order valence-electron chi connectivity index (χ0n) is 11.3. The van der Waals surface area contributed by atoms with E-state index in [1.165, 1.54) is 0 Å². The smallest absolute Gasteiger partial charge is 0.330 e. The summed E-state index contributed by atoms with van der Waals surface area (Å²) in [5.41, 5.74) is 2.50. The van der Waals surface area contributed by atoms with Crippen LogP contribution < -0.4 is 5.48 Å². The van der Waals surface area contributed by atoms with E-state index in [2.05, 4.69) is 5.48 Å². The molecule has 0 bridgehead atoms. The topological polar surface area (TPSA) is 75.6 Å². The zero-order chi connectivity index (χ0) is 14.5. The van der Waals surface area contributed by atoms with Crippen molar-refractivity contribution < 1.29 is 19.5 Å². The molecule has 0 aliphatic carbocycles. The third kappa shape index (κ3) is 5.09. The van der Waals surface area contributed by atoms with Crippen LogP contribution in [-0.2, 0) is 20.8 Å². The quantitative estimate of drug-likeness (QED) is 0.794. The van der Waals surface area contributed by atoms with E-state index in [4.69, 9.17) is 9.94 Å². The minimum Gasteiger partial charge on any atom is -0.480 e. The second kappa shape index (κ2) is 6.33. The average Bonchev–Trinajstić information content (AvgIpc) is 2.33. The molecule has 0 heterocycles. The number of carbonyl (C=O) groups is 2. The highest BCUT2D eigenvalue weighted by atomic mass is 16.7. The van der Waals surface area contributed by atoms with E-state index >= 15 is 0 Å². The summed E-state index contributed by atoms with van der Waals surface area (Å²) < 4.78 is 0. The Hall–Kier alpha value is -1.88. The van der Waals surface area contributed by atoms with Gasteiger partial charge < -0.3 is 9.94 Å². The van der Waals surface area contributed by atoms with Gasteiger partial charge in [0.2, 0.25) is 0 Å². The first kappa shape index (κ1) is 15.2. The maximum Gasteiger partial charge on any atom is 0.330 e. The molecule has 0 saturated heterocycles. The Kier molecular flexibility index (Phi) is 5.06. The van der Waals surface area contributed by atoms with Crippen LogP contribution in [-0.4, -0.2) is 23.1 Å². The van der Waals surface area contributed by atoms with Crippen molar-refractivity contribution in [1.82, 2.24) is 5.48 Å². The van der Waals surface area contributed by atoms with E-state index in [0.717, 1.165) is 5.56 Å². The molecule has 0 fully saturated rings. The summed E-state index contributed by atoms with van der Waals surface area (Å²) in [6, 6.07) is 8.19. The van der Waals surface area contributed by atoms with Gasteiger partial charge >= 0.3 is 11.9 Å². The lowest BCUT2D eigenvalue weighted by atomic mass is 9.98. The van der Waals surface area contributed by atoms with Crippen LogP contribution in [0.3, 0.4) is 0 Å². The van der Waals surface area contributed by atoms with E-state index in [0.29, 0.717) is 0 Å². The van der Waals surface area contributed by atoms with Gasteiger partial charge in [-0.3, -0.25) is 4.79 Å². The van der Waals surface area contributed by atoms with Gasteiger partial charge in [-0.2, -0.15) is 0 Å². The molecular formula is C14H19NO4. The van der Waals surface area contributed by atoms with Crippen molar-refractivity contribution in [3.8, 4) is 0 Å². The molecule has 2 N–H and O–H groups in total. The maximum absolute atomic E-state index is 11.6. The number of nitrogens with one attached hydrogen (secondary N) is 1. The molecule has 0 saturated carbocycles. The van der Waals surface area contributed by atoms with Crippen LogP contribution in [0.2, 0.25) is 0 Å². The predicted molar refractivity (Wildman–Crippen MR) is 70.3 cm³/mol. The minimum atomic E-state index is -1.06. The van der Waals surface area contributed by atoms with Crippen LogP contribution in [0, 0.1) is 5.41 Å². The summed E-state index contributed by atoms with van der Waals surface area (Å²) in [4.78, 5) is 27.5. The molecule has 19 heavy (non-hydrogen) atoms. The third-order valence-electron chi connectivity index (χ3n) is 2.49. The van der Waals surface area contributed by atoms with E-state index < -0.39 is 23.4 Å². The zero-order valence-corrected chi connectivity index (χ0v) is 11.3. The van der Waals surface area contributed by atoms with E-state index in [1.807, 2.05) is 30.3 Å². The van der Waals surface area contributed by atoms with Crippen LogP contribution in [0.15, 0.2) is 30.3 Å². The Morgan fingerprint density at radius 3 is 2.32 bits per heavy atom. The predicted octanol–water partition coefficient (Wildman–Crippen LogP) is 1.78. The number of hydrogen-bond acceptors (Lipinski definition) is 4. The Bertz CT molecular complexity index is 437. The fourth-order valence-electron chi connectivity index (χ4n) is 1.31. The molecule has 5 heteroatoms. The summed E-state index contributed by atoms with van der Waals surface area (Å²) in [6.45, 7) is 5.10. The number of carboxylic acid groups (broad SMARTS) is 1. The highest BCUT2D eigenvalue weighted by Crippen LogP contribution is 2.14. The molecule has 1 aromatic rings. The molecule has 5 nitrogen and oxygen atoms in total. The van der Waals surface area contributed by atoms with E-state index in [-0.39, 0.29) is 6.42 Å². The van der Waals surface area contributed by atoms with Gasteiger partial charge in [0.1, 0.15) is 6.04 Å². The molecule has 104 valence electrons. The molecule has 1 aromatic carbocycles. The molecule has 1 rings (SSSR count). The summed E-state index contributed by atoms with van der Waals surface area (Å²) in [6.07, 6.45) is 0.244. The number of carbonyl (C=O) groups excluding carboxylic acids is 1. The molecule has 0 aliphatic heterocycles. The summed E-state index contributed by atoms with van der Waals surface area (Å²) in [5.74, 6) is -1.56. The molecule has 0 aromatic heterocycles. The van der Waals surface area contributed by atoms with Crippen molar-refractivity contribution in [2.24, 2.45) is 5.41 Å². The molecule has 0 amide bonds. The average molecular weight is 265 g/mol. The van der Waals surface area contributed by atoms with Gasteiger partial charge in [0.15, 0.2) is 0 Å². The van der Waals surface area contributed by atoms with Crippen LogP contribution in [0.5, 0.6) is 0 Å². The second-order valence-corrected chi connectivity index (χ2v) is 5.34. The normalized spacial score (nSPS) is 12.8. The third-order valence-corrected chi connectivity index (χ3v) is 2.49. The number of rotatable bonds is 5. The molecule has 0 spiro atoms. The van der Waals surface area contributed by atoms with Gasteiger partial charge in [0, 0.05) is 6.42 Å². The molecule has 0 radical (unpaired) electrons.